The van der Waals surface area contributed by atoms with Gasteiger partial charge in [-0.1, -0.05) is 6.92 Å². The molecule has 4 heteroatoms. The Bertz CT molecular complexity index is 256. The molecule has 1 unspecified atom stereocenters. The summed E-state index contributed by atoms with van der Waals surface area (Å²) in [6.07, 6.45) is 5.31. The first-order chi connectivity index (χ1) is 9.13. The van der Waals surface area contributed by atoms with E-state index in [4.69, 9.17) is 0 Å². The number of hydrogen-bond acceptors (Lipinski definition) is 3. The van der Waals surface area contributed by atoms with Gasteiger partial charge < -0.3 is 15.5 Å². The lowest BCUT2D eigenvalue weighted by Gasteiger charge is -2.24. The Hall–Kier alpha value is -0.610. The summed E-state index contributed by atoms with van der Waals surface area (Å²) in [5.74, 6) is 0.173. The summed E-state index contributed by atoms with van der Waals surface area (Å²) in [7, 11) is 0. The normalized spacial score (nSPS) is 21.4. The third-order valence-electron chi connectivity index (χ3n) is 3.85. The molecule has 1 amide bonds. The number of rotatable bonds is 7. The van der Waals surface area contributed by atoms with E-state index >= 15 is 0 Å². The molecule has 112 valence electrons. The van der Waals surface area contributed by atoms with Crippen LogP contribution in [0.2, 0.25) is 0 Å². The van der Waals surface area contributed by atoms with Crippen LogP contribution in [-0.4, -0.2) is 49.1 Å². The minimum absolute atomic E-state index is 0.173. The molecule has 1 atom stereocenters. The molecule has 1 saturated heterocycles. The van der Waals surface area contributed by atoms with Crippen molar-refractivity contribution in [2.75, 3.05) is 26.2 Å². The summed E-state index contributed by atoms with van der Waals surface area (Å²) in [5, 5.41) is 6.46. The van der Waals surface area contributed by atoms with Gasteiger partial charge in [-0.25, -0.2) is 0 Å². The van der Waals surface area contributed by atoms with E-state index < -0.39 is 0 Å². The van der Waals surface area contributed by atoms with E-state index in [2.05, 4.69) is 36.3 Å². The van der Waals surface area contributed by atoms with Gasteiger partial charge >= 0.3 is 0 Å². The van der Waals surface area contributed by atoms with Crippen molar-refractivity contribution >= 4 is 5.91 Å². The van der Waals surface area contributed by atoms with E-state index in [0.717, 1.165) is 19.5 Å². The summed E-state index contributed by atoms with van der Waals surface area (Å²) >= 11 is 0. The zero-order chi connectivity index (χ0) is 14.1. The lowest BCUT2D eigenvalue weighted by Crippen LogP contribution is -2.35. The smallest absolute Gasteiger partial charge is 0.221 e. The second kappa shape index (κ2) is 9.32. The number of carbonyl (C=O) groups excluding carboxylic acids is 1. The maximum atomic E-state index is 11.5. The highest BCUT2D eigenvalue weighted by atomic mass is 16.1. The summed E-state index contributed by atoms with van der Waals surface area (Å²) in [5.41, 5.74) is 0. The minimum atomic E-state index is 0.173. The van der Waals surface area contributed by atoms with Crippen LogP contribution in [0.15, 0.2) is 0 Å². The fraction of sp³-hybridized carbons (Fsp3) is 0.933. The van der Waals surface area contributed by atoms with Crippen LogP contribution in [0.25, 0.3) is 0 Å². The monoisotopic (exact) mass is 269 g/mol. The van der Waals surface area contributed by atoms with Gasteiger partial charge in [0.2, 0.25) is 5.91 Å². The third kappa shape index (κ3) is 6.92. The summed E-state index contributed by atoms with van der Waals surface area (Å²) in [4.78, 5) is 14.0. The first-order valence-electron chi connectivity index (χ1n) is 7.87. The molecule has 0 saturated carbocycles. The number of likely N-dealkylation sites (tertiary alicyclic amines) is 1. The molecule has 1 heterocycles. The number of carbonyl (C=O) groups is 1. The van der Waals surface area contributed by atoms with Crippen molar-refractivity contribution < 1.29 is 4.79 Å². The Balaban J connectivity index is 2.14. The highest BCUT2D eigenvalue weighted by molar-refractivity contribution is 5.75. The van der Waals surface area contributed by atoms with E-state index in [1.807, 2.05) is 0 Å². The summed E-state index contributed by atoms with van der Waals surface area (Å²) in [6, 6.07) is 1.24. The SMILES string of the molecule is CCCNC(=O)CCNC1CCCN(C(C)C)CC1. The van der Waals surface area contributed by atoms with Gasteiger partial charge in [-0.3, -0.25) is 4.79 Å². The molecule has 2 N–H and O–H groups in total. The van der Waals surface area contributed by atoms with E-state index in [0.29, 0.717) is 18.5 Å². The van der Waals surface area contributed by atoms with Gasteiger partial charge in [-0.2, -0.15) is 0 Å². The van der Waals surface area contributed by atoms with E-state index in [-0.39, 0.29) is 5.91 Å². The Kier molecular flexibility index (Phi) is 8.07. The Morgan fingerprint density at radius 1 is 1.26 bits per heavy atom. The van der Waals surface area contributed by atoms with Crippen molar-refractivity contribution in [3.8, 4) is 0 Å². The standard InChI is InChI=1S/C15H31N3O/c1-4-9-17-15(19)7-10-16-14-6-5-11-18(12-8-14)13(2)3/h13-14,16H,4-12H2,1-3H3,(H,17,19). The maximum Gasteiger partial charge on any atom is 0.221 e. The minimum Gasteiger partial charge on any atom is -0.356 e. The van der Waals surface area contributed by atoms with Gasteiger partial charge in [-0.05, 0) is 52.6 Å². The molecule has 0 aromatic rings. The van der Waals surface area contributed by atoms with Gasteiger partial charge in [0.05, 0.1) is 0 Å². The van der Waals surface area contributed by atoms with Gasteiger partial charge in [0.15, 0.2) is 0 Å². The highest BCUT2D eigenvalue weighted by Gasteiger charge is 2.18. The molecular weight excluding hydrogens is 238 g/mol. The molecule has 1 fully saturated rings. The van der Waals surface area contributed by atoms with Crippen LogP contribution in [0.4, 0.5) is 0 Å². The van der Waals surface area contributed by atoms with Crippen LogP contribution in [0.3, 0.4) is 0 Å². The average Bonchev–Trinajstić information content (AvgIpc) is 2.62. The van der Waals surface area contributed by atoms with Gasteiger partial charge in [0, 0.05) is 31.6 Å². The van der Waals surface area contributed by atoms with Crippen LogP contribution in [-0.2, 0) is 4.79 Å². The Morgan fingerprint density at radius 2 is 2.05 bits per heavy atom. The molecule has 1 aliphatic heterocycles. The topological polar surface area (TPSA) is 44.4 Å². The fourth-order valence-corrected chi connectivity index (χ4v) is 2.58. The fourth-order valence-electron chi connectivity index (χ4n) is 2.58. The van der Waals surface area contributed by atoms with Crippen molar-refractivity contribution in [1.82, 2.24) is 15.5 Å². The Labute approximate surface area is 118 Å². The van der Waals surface area contributed by atoms with Crippen molar-refractivity contribution in [1.29, 1.82) is 0 Å². The molecule has 0 aliphatic carbocycles. The van der Waals surface area contributed by atoms with Crippen LogP contribution >= 0.6 is 0 Å². The largest absolute Gasteiger partial charge is 0.356 e. The van der Waals surface area contributed by atoms with Gasteiger partial charge in [0.1, 0.15) is 0 Å². The molecule has 0 bridgehead atoms. The van der Waals surface area contributed by atoms with Crippen molar-refractivity contribution in [2.24, 2.45) is 0 Å². The molecule has 4 nitrogen and oxygen atoms in total. The molecule has 0 spiro atoms. The zero-order valence-electron chi connectivity index (χ0n) is 12.9. The van der Waals surface area contributed by atoms with Gasteiger partial charge in [0.25, 0.3) is 0 Å². The van der Waals surface area contributed by atoms with Crippen LogP contribution in [0.5, 0.6) is 0 Å². The molecule has 0 radical (unpaired) electrons. The van der Waals surface area contributed by atoms with Crippen LogP contribution in [0.1, 0.15) is 52.9 Å². The van der Waals surface area contributed by atoms with E-state index in [1.54, 1.807) is 0 Å². The number of amides is 1. The molecule has 1 rings (SSSR count). The Morgan fingerprint density at radius 3 is 2.74 bits per heavy atom. The lowest BCUT2D eigenvalue weighted by atomic mass is 10.1. The van der Waals surface area contributed by atoms with Crippen molar-refractivity contribution in [2.45, 2.75) is 65.0 Å². The number of hydrogen-bond donors (Lipinski definition) is 2. The van der Waals surface area contributed by atoms with Crippen LogP contribution < -0.4 is 10.6 Å². The molecule has 1 aliphatic rings. The zero-order valence-corrected chi connectivity index (χ0v) is 12.9. The molecular formula is C15H31N3O. The van der Waals surface area contributed by atoms with E-state index in [1.165, 1.54) is 32.4 Å². The molecule has 19 heavy (non-hydrogen) atoms. The maximum absolute atomic E-state index is 11.5. The molecule has 0 aromatic carbocycles. The molecule has 0 aromatic heterocycles. The number of nitrogens with one attached hydrogen (secondary N) is 2. The predicted octanol–water partition coefficient (Wildman–Crippen LogP) is 1.76. The van der Waals surface area contributed by atoms with Crippen molar-refractivity contribution in [3.63, 3.8) is 0 Å². The second-order valence-electron chi connectivity index (χ2n) is 5.81. The first-order valence-corrected chi connectivity index (χ1v) is 7.87. The third-order valence-corrected chi connectivity index (χ3v) is 3.85. The van der Waals surface area contributed by atoms with Crippen LogP contribution in [0, 0.1) is 0 Å². The van der Waals surface area contributed by atoms with Gasteiger partial charge in [-0.15, -0.1) is 0 Å². The number of nitrogens with zero attached hydrogens (tertiary/aromatic N) is 1. The second-order valence-corrected chi connectivity index (χ2v) is 5.81. The predicted molar refractivity (Wildman–Crippen MR) is 80.3 cm³/mol. The first kappa shape index (κ1) is 16.4. The van der Waals surface area contributed by atoms with Crippen molar-refractivity contribution in [3.05, 3.63) is 0 Å². The lowest BCUT2D eigenvalue weighted by molar-refractivity contribution is -0.121. The summed E-state index contributed by atoms with van der Waals surface area (Å²) < 4.78 is 0. The summed E-state index contributed by atoms with van der Waals surface area (Å²) in [6.45, 7) is 10.6. The average molecular weight is 269 g/mol. The highest BCUT2D eigenvalue weighted by Crippen LogP contribution is 2.13. The van der Waals surface area contributed by atoms with E-state index in [9.17, 15) is 4.79 Å². The quantitative estimate of drug-likeness (QED) is 0.740.